The van der Waals surface area contributed by atoms with Gasteiger partial charge >= 0.3 is 0 Å². The van der Waals surface area contributed by atoms with Gasteiger partial charge in [-0.05, 0) is 54.5 Å². The lowest BCUT2D eigenvalue weighted by Crippen LogP contribution is -2.31. The van der Waals surface area contributed by atoms with Crippen LogP contribution >= 0.6 is 0 Å². The average Bonchev–Trinajstić information content (AvgIpc) is 2.79. The molecule has 6 nitrogen and oxygen atoms in total. The standard InChI is InChI=1S/C24H24N2O4S/c1-18-5-7-19(8-6-18)9-14-24(27)26-17-23(20-4-3-15-25-16-20)31(28,29)22-12-10-21(30-2)11-13-22/h3-16,23H,17H2,1-2H3,(H,26,27)/b14-9+. The molecule has 0 aliphatic carbocycles. The highest BCUT2D eigenvalue weighted by atomic mass is 32.2. The van der Waals surface area contributed by atoms with Gasteiger partial charge in [0.1, 0.15) is 11.0 Å². The van der Waals surface area contributed by atoms with Crippen LogP contribution in [0.1, 0.15) is 21.9 Å². The number of nitrogens with one attached hydrogen (secondary N) is 1. The predicted octanol–water partition coefficient (Wildman–Crippen LogP) is 3.74. The van der Waals surface area contributed by atoms with Crippen LogP contribution in [0.2, 0.25) is 0 Å². The molecule has 0 radical (unpaired) electrons. The molecule has 31 heavy (non-hydrogen) atoms. The summed E-state index contributed by atoms with van der Waals surface area (Å²) in [5, 5.41) is 1.72. The third-order valence-corrected chi connectivity index (χ3v) is 6.90. The summed E-state index contributed by atoms with van der Waals surface area (Å²) < 4.78 is 31.7. The minimum atomic E-state index is -3.78. The lowest BCUT2D eigenvalue weighted by atomic mass is 10.1. The van der Waals surface area contributed by atoms with Gasteiger partial charge in [0.15, 0.2) is 9.84 Å². The fraction of sp³-hybridized carbons (Fsp3) is 0.167. The van der Waals surface area contributed by atoms with Crippen LogP contribution in [0.5, 0.6) is 5.75 Å². The van der Waals surface area contributed by atoms with Crippen LogP contribution in [0.15, 0.2) is 84.0 Å². The third kappa shape index (κ3) is 5.79. The van der Waals surface area contributed by atoms with E-state index in [4.69, 9.17) is 4.74 Å². The van der Waals surface area contributed by atoms with Crippen LogP contribution in [0.25, 0.3) is 6.08 Å². The van der Waals surface area contributed by atoms with Gasteiger partial charge in [0.25, 0.3) is 0 Å². The third-order valence-electron chi connectivity index (χ3n) is 4.78. The predicted molar refractivity (Wildman–Crippen MR) is 120 cm³/mol. The molecule has 1 amide bonds. The summed E-state index contributed by atoms with van der Waals surface area (Å²) in [4.78, 5) is 16.5. The Bertz CT molecular complexity index is 1140. The van der Waals surface area contributed by atoms with Crippen LogP contribution in [0.4, 0.5) is 0 Å². The molecular formula is C24H24N2O4S. The van der Waals surface area contributed by atoms with Gasteiger partial charge in [-0.25, -0.2) is 8.42 Å². The van der Waals surface area contributed by atoms with E-state index < -0.39 is 15.1 Å². The van der Waals surface area contributed by atoms with Crippen molar-refractivity contribution in [2.45, 2.75) is 17.1 Å². The molecule has 1 heterocycles. The highest BCUT2D eigenvalue weighted by Gasteiger charge is 2.29. The molecule has 0 fully saturated rings. The highest BCUT2D eigenvalue weighted by molar-refractivity contribution is 7.91. The summed E-state index contributed by atoms with van der Waals surface area (Å²) in [5.41, 5.74) is 2.51. The molecule has 0 saturated carbocycles. The van der Waals surface area contributed by atoms with Gasteiger partial charge < -0.3 is 10.1 Å². The van der Waals surface area contributed by atoms with Gasteiger partial charge in [0.05, 0.1) is 12.0 Å². The van der Waals surface area contributed by atoms with Crippen molar-refractivity contribution < 1.29 is 17.9 Å². The van der Waals surface area contributed by atoms with E-state index in [0.29, 0.717) is 11.3 Å². The summed E-state index contributed by atoms with van der Waals surface area (Å²) in [6, 6.07) is 17.3. The maximum Gasteiger partial charge on any atom is 0.244 e. The van der Waals surface area contributed by atoms with Gasteiger partial charge in [-0.1, -0.05) is 35.9 Å². The molecule has 0 saturated heterocycles. The van der Waals surface area contributed by atoms with Gasteiger partial charge in [0, 0.05) is 25.0 Å². The van der Waals surface area contributed by atoms with Gasteiger partial charge in [-0.3, -0.25) is 9.78 Å². The van der Waals surface area contributed by atoms with Crippen LogP contribution in [-0.4, -0.2) is 33.0 Å². The van der Waals surface area contributed by atoms with Crippen molar-refractivity contribution in [2.24, 2.45) is 0 Å². The van der Waals surface area contributed by atoms with Crippen molar-refractivity contribution in [2.75, 3.05) is 13.7 Å². The quantitative estimate of drug-likeness (QED) is 0.544. The molecule has 0 aliphatic rings. The van der Waals surface area contributed by atoms with E-state index in [0.717, 1.165) is 11.1 Å². The number of carbonyl (C=O) groups is 1. The molecule has 1 N–H and O–H groups in total. The summed E-state index contributed by atoms with van der Waals surface area (Å²) >= 11 is 0. The number of nitrogens with zero attached hydrogens (tertiary/aromatic N) is 1. The minimum Gasteiger partial charge on any atom is -0.497 e. The van der Waals surface area contributed by atoms with Crippen molar-refractivity contribution in [3.05, 3.63) is 95.8 Å². The number of pyridine rings is 1. The topological polar surface area (TPSA) is 85.4 Å². The molecule has 7 heteroatoms. The van der Waals surface area contributed by atoms with Crippen LogP contribution in [0, 0.1) is 6.92 Å². The molecule has 160 valence electrons. The Morgan fingerprint density at radius 1 is 1.10 bits per heavy atom. The van der Waals surface area contributed by atoms with Crippen LogP contribution in [0.3, 0.4) is 0 Å². The Kier molecular flexibility index (Phi) is 7.20. The molecule has 3 aromatic rings. The normalized spacial score (nSPS) is 12.5. The van der Waals surface area contributed by atoms with Crippen molar-refractivity contribution in [3.63, 3.8) is 0 Å². The smallest absolute Gasteiger partial charge is 0.244 e. The van der Waals surface area contributed by atoms with Gasteiger partial charge in [0.2, 0.25) is 5.91 Å². The summed E-state index contributed by atoms with van der Waals surface area (Å²) in [6.07, 6.45) is 6.15. The first-order valence-electron chi connectivity index (χ1n) is 9.70. The van der Waals surface area contributed by atoms with Crippen molar-refractivity contribution >= 4 is 21.8 Å². The Labute approximate surface area is 182 Å². The number of amides is 1. The SMILES string of the molecule is COc1ccc(S(=O)(=O)C(CNC(=O)/C=C/c2ccc(C)cc2)c2cccnc2)cc1. The number of hydrogen-bond acceptors (Lipinski definition) is 5. The molecule has 3 rings (SSSR count). The van der Waals surface area contributed by atoms with E-state index in [1.54, 1.807) is 36.5 Å². The Balaban J connectivity index is 1.79. The maximum absolute atomic E-state index is 13.3. The maximum atomic E-state index is 13.3. The van der Waals surface area contributed by atoms with E-state index in [1.165, 1.54) is 31.5 Å². The second-order valence-electron chi connectivity index (χ2n) is 6.98. The highest BCUT2D eigenvalue weighted by Crippen LogP contribution is 2.29. The monoisotopic (exact) mass is 436 g/mol. The molecule has 1 unspecified atom stereocenters. The van der Waals surface area contributed by atoms with Crippen LogP contribution < -0.4 is 10.1 Å². The zero-order valence-electron chi connectivity index (χ0n) is 17.4. The second kappa shape index (κ2) is 10.0. The van der Waals surface area contributed by atoms with E-state index in [9.17, 15) is 13.2 Å². The first-order valence-corrected chi connectivity index (χ1v) is 11.3. The number of sulfone groups is 1. The van der Waals surface area contributed by atoms with Gasteiger partial charge in [-0.2, -0.15) is 0 Å². The molecule has 0 bridgehead atoms. The second-order valence-corrected chi connectivity index (χ2v) is 9.12. The zero-order chi connectivity index (χ0) is 22.3. The molecular weight excluding hydrogens is 412 g/mol. The first kappa shape index (κ1) is 22.2. The van der Waals surface area contributed by atoms with Crippen molar-refractivity contribution in [1.29, 1.82) is 0 Å². The van der Waals surface area contributed by atoms with Crippen molar-refractivity contribution in [3.8, 4) is 5.75 Å². The molecule has 0 aliphatic heterocycles. The first-order chi connectivity index (χ1) is 14.9. The number of aryl methyl sites for hydroxylation is 1. The average molecular weight is 437 g/mol. The lowest BCUT2D eigenvalue weighted by Gasteiger charge is -2.18. The number of ether oxygens (including phenoxy) is 1. The van der Waals surface area contributed by atoms with E-state index in [2.05, 4.69) is 10.3 Å². The largest absolute Gasteiger partial charge is 0.497 e. The Morgan fingerprint density at radius 3 is 2.42 bits per heavy atom. The van der Waals surface area contributed by atoms with E-state index in [-0.39, 0.29) is 17.3 Å². The van der Waals surface area contributed by atoms with Crippen molar-refractivity contribution in [1.82, 2.24) is 10.3 Å². The fourth-order valence-corrected chi connectivity index (χ4v) is 4.65. The number of benzene rings is 2. The number of carbonyl (C=O) groups excluding carboxylic acids is 1. The Morgan fingerprint density at radius 2 is 1.81 bits per heavy atom. The lowest BCUT2D eigenvalue weighted by molar-refractivity contribution is -0.116. The summed E-state index contributed by atoms with van der Waals surface area (Å²) in [5.74, 6) is 0.186. The number of hydrogen-bond donors (Lipinski definition) is 1. The zero-order valence-corrected chi connectivity index (χ0v) is 18.2. The van der Waals surface area contributed by atoms with Gasteiger partial charge in [-0.15, -0.1) is 0 Å². The summed E-state index contributed by atoms with van der Waals surface area (Å²) in [6.45, 7) is 1.90. The van der Waals surface area contributed by atoms with Crippen LogP contribution in [-0.2, 0) is 14.6 Å². The number of aromatic nitrogens is 1. The molecule has 1 atom stereocenters. The Hall–Kier alpha value is -3.45. The summed E-state index contributed by atoms with van der Waals surface area (Å²) in [7, 11) is -2.27. The number of methoxy groups -OCH3 is 1. The fourth-order valence-electron chi connectivity index (χ4n) is 3.00. The minimum absolute atomic E-state index is 0.0862. The van der Waals surface area contributed by atoms with E-state index in [1.807, 2.05) is 31.2 Å². The number of rotatable bonds is 8. The molecule has 2 aromatic carbocycles. The molecule has 0 spiro atoms. The van der Waals surface area contributed by atoms with E-state index >= 15 is 0 Å². The molecule has 1 aromatic heterocycles.